The van der Waals surface area contributed by atoms with Crippen LogP contribution < -0.4 is 5.32 Å². The summed E-state index contributed by atoms with van der Waals surface area (Å²) < 4.78 is 22.7. The SMILES string of the molecule is C[C@H]1CC[C@H](c2ccc(S(C)(=O)=O)cc2)NC1. The van der Waals surface area contributed by atoms with Crippen molar-refractivity contribution in [3.63, 3.8) is 0 Å². The summed E-state index contributed by atoms with van der Waals surface area (Å²) in [7, 11) is -3.08. The van der Waals surface area contributed by atoms with Crippen molar-refractivity contribution < 1.29 is 8.42 Å². The zero-order valence-electron chi connectivity index (χ0n) is 10.3. The Morgan fingerprint density at radius 1 is 1.18 bits per heavy atom. The van der Waals surface area contributed by atoms with Gasteiger partial charge in [-0.3, -0.25) is 0 Å². The number of rotatable bonds is 2. The molecule has 0 unspecified atom stereocenters. The van der Waals surface area contributed by atoms with Crippen LogP contribution in [0.25, 0.3) is 0 Å². The van der Waals surface area contributed by atoms with E-state index in [1.165, 1.54) is 18.2 Å². The van der Waals surface area contributed by atoms with Crippen LogP contribution in [0, 0.1) is 5.92 Å². The summed E-state index contributed by atoms with van der Waals surface area (Å²) in [6, 6.07) is 7.61. The Morgan fingerprint density at radius 3 is 2.29 bits per heavy atom. The van der Waals surface area contributed by atoms with Crippen LogP contribution in [0.15, 0.2) is 29.2 Å². The molecule has 0 amide bonds. The standard InChI is InChI=1S/C13H19NO2S/c1-10-3-8-13(14-9-10)11-4-6-12(7-5-11)17(2,15)16/h4-7,10,13-14H,3,8-9H2,1-2H3/t10-,13+/m0/s1. The number of benzene rings is 1. The average Bonchev–Trinajstić information content (AvgIpc) is 2.29. The van der Waals surface area contributed by atoms with Crippen molar-refractivity contribution in [2.45, 2.75) is 30.7 Å². The summed E-state index contributed by atoms with van der Waals surface area (Å²) in [5.41, 5.74) is 1.18. The highest BCUT2D eigenvalue weighted by molar-refractivity contribution is 7.90. The zero-order valence-corrected chi connectivity index (χ0v) is 11.1. The smallest absolute Gasteiger partial charge is 0.175 e. The Labute approximate surface area is 103 Å². The minimum absolute atomic E-state index is 0.375. The molecule has 0 bridgehead atoms. The topological polar surface area (TPSA) is 46.2 Å². The first kappa shape index (κ1) is 12.6. The lowest BCUT2D eigenvalue weighted by molar-refractivity contribution is 0.333. The molecule has 1 N–H and O–H groups in total. The minimum Gasteiger partial charge on any atom is -0.310 e. The number of hydrogen-bond donors (Lipinski definition) is 1. The summed E-state index contributed by atoms with van der Waals surface area (Å²) in [5.74, 6) is 0.738. The predicted octanol–water partition coefficient (Wildman–Crippen LogP) is 2.15. The van der Waals surface area contributed by atoms with Gasteiger partial charge < -0.3 is 5.32 Å². The molecule has 0 radical (unpaired) electrons. The maximum Gasteiger partial charge on any atom is 0.175 e. The third-order valence-corrected chi connectivity index (χ3v) is 4.50. The predicted molar refractivity (Wildman–Crippen MR) is 68.7 cm³/mol. The molecule has 94 valence electrons. The second-order valence-corrected chi connectivity index (χ2v) is 7.00. The Kier molecular flexibility index (Phi) is 3.54. The van der Waals surface area contributed by atoms with Gasteiger partial charge in [0.05, 0.1) is 4.90 Å². The highest BCUT2D eigenvalue weighted by Crippen LogP contribution is 2.26. The van der Waals surface area contributed by atoms with Gasteiger partial charge in [0.1, 0.15) is 0 Å². The summed E-state index contributed by atoms with van der Waals surface area (Å²) >= 11 is 0. The van der Waals surface area contributed by atoms with Crippen LogP contribution in [-0.2, 0) is 9.84 Å². The number of nitrogens with one attached hydrogen (secondary N) is 1. The van der Waals surface area contributed by atoms with Gasteiger partial charge in [-0.15, -0.1) is 0 Å². The quantitative estimate of drug-likeness (QED) is 0.878. The molecule has 17 heavy (non-hydrogen) atoms. The van der Waals surface area contributed by atoms with Crippen LogP contribution in [0.3, 0.4) is 0 Å². The highest BCUT2D eigenvalue weighted by Gasteiger charge is 2.19. The van der Waals surface area contributed by atoms with Crippen LogP contribution >= 0.6 is 0 Å². The van der Waals surface area contributed by atoms with Crippen LogP contribution in [0.1, 0.15) is 31.4 Å². The lowest BCUT2D eigenvalue weighted by Crippen LogP contribution is -2.31. The minimum atomic E-state index is -3.08. The molecule has 0 spiro atoms. The van der Waals surface area contributed by atoms with Crippen molar-refractivity contribution >= 4 is 9.84 Å². The van der Waals surface area contributed by atoms with Gasteiger partial charge in [-0.1, -0.05) is 19.1 Å². The molecular weight excluding hydrogens is 234 g/mol. The molecule has 0 saturated carbocycles. The first-order valence-electron chi connectivity index (χ1n) is 6.00. The molecule has 1 aliphatic rings. The van der Waals surface area contributed by atoms with Gasteiger partial charge >= 0.3 is 0 Å². The Balaban J connectivity index is 2.13. The number of hydrogen-bond acceptors (Lipinski definition) is 3. The molecule has 2 atom stereocenters. The molecule has 1 saturated heterocycles. The van der Waals surface area contributed by atoms with Crippen molar-refractivity contribution in [1.29, 1.82) is 0 Å². The van der Waals surface area contributed by atoms with E-state index in [9.17, 15) is 8.42 Å². The first-order valence-corrected chi connectivity index (χ1v) is 7.89. The fourth-order valence-electron chi connectivity index (χ4n) is 2.23. The van der Waals surface area contributed by atoms with Crippen molar-refractivity contribution in [2.24, 2.45) is 5.92 Å². The largest absolute Gasteiger partial charge is 0.310 e. The van der Waals surface area contributed by atoms with Gasteiger partial charge in [-0.05, 0) is 43.0 Å². The van der Waals surface area contributed by atoms with E-state index < -0.39 is 9.84 Å². The van der Waals surface area contributed by atoms with E-state index in [1.807, 2.05) is 12.1 Å². The molecule has 2 rings (SSSR count). The average molecular weight is 253 g/mol. The van der Waals surface area contributed by atoms with Gasteiger partial charge in [-0.25, -0.2) is 8.42 Å². The highest BCUT2D eigenvalue weighted by atomic mass is 32.2. The summed E-state index contributed by atoms with van der Waals surface area (Å²) in [6.45, 7) is 3.29. The summed E-state index contributed by atoms with van der Waals surface area (Å²) in [5, 5.41) is 3.49. The number of piperidine rings is 1. The van der Waals surface area contributed by atoms with Crippen molar-refractivity contribution in [3.8, 4) is 0 Å². The van der Waals surface area contributed by atoms with E-state index in [2.05, 4.69) is 12.2 Å². The van der Waals surface area contributed by atoms with Crippen molar-refractivity contribution in [2.75, 3.05) is 12.8 Å². The van der Waals surface area contributed by atoms with E-state index >= 15 is 0 Å². The molecular formula is C13H19NO2S. The van der Waals surface area contributed by atoms with Crippen LogP contribution in [0.2, 0.25) is 0 Å². The van der Waals surface area contributed by atoms with E-state index in [1.54, 1.807) is 12.1 Å². The third kappa shape index (κ3) is 3.07. The van der Waals surface area contributed by atoms with Crippen LogP contribution in [0.5, 0.6) is 0 Å². The molecule has 0 aromatic heterocycles. The molecule has 1 heterocycles. The van der Waals surface area contributed by atoms with Crippen molar-refractivity contribution in [1.82, 2.24) is 5.32 Å². The second kappa shape index (κ2) is 4.78. The van der Waals surface area contributed by atoms with Gasteiger partial charge in [-0.2, -0.15) is 0 Å². The maximum absolute atomic E-state index is 11.3. The molecule has 1 aromatic carbocycles. The van der Waals surface area contributed by atoms with Gasteiger partial charge in [0.2, 0.25) is 0 Å². The van der Waals surface area contributed by atoms with Gasteiger partial charge in [0.15, 0.2) is 9.84 Å². The van der Waals surface area contributed by atoms with Crippen LogP contribution in [0.4, 0.5) is 0 Å². The molecule has 0 aliphatic carbocycles. The lowest BCUT2D eigenvalue weighted by atomic mass is 9.92. The molecule has 4 heteroatoms. The summed E-state index contributed by atoms with van der Waals surface area (Å²) in [4.78, 5) is 0.394. The Bertz CT molecular complexity index is 471. The van der Waals surface area contributed by atoms with E-state index in [0.717, 1.165) is 18.9 Å². The van der Waals surface area contributed by atoms with Crippen molar-refractivity contribution in [3.05, 3.63) is 29.8 Å². The Hall–Kier alpha value is -0.870. The molecule has 1 fully saturated rings. The monoisotopic (exact) mass is 253 g/mol. The fourth-order valence-corrected chi connectivity index (χ4v) is 2.86. The Morgan fingerprint density at radius 2 is 1.82 bits per heavy atom. The fraction of sp³-hybridized carbons (Fsp3) is 0.538. The van der Waals surface area contributed by atoms with E-state index in [4.69, 9.17) is 0 Å². The van der Waals surface area contributed by atoms with E-state index in [-0.39, 0.29) is 0 Å². The van der Waals surface area contributed by atoms with Gasteiger partial charge in [0.25, 0.3) is 0 Å². The lowest BCUT2D eigenvalue weighted by Gasteiger charge is -2.28. The second-order valence-electron chi connectivity index (χ2n) is 4.98. The molecule has 1 aromatic rings. The maximum atomic E-state index is 11.3. The van der Waals surface area contributed by atoms with E-state index in [0.29, 0.717) is 10.9 Å². The zero-order chi connectivity index (χ0) is 12.5. The van der Waals surface area contributed by atoms with Crippen LogP contribution in [-0.4, -0.2) is 21.2 Å². The number of sulfone groups is 1. The third-order valence-electron chi connectivity index (χ3n) is 3.37. The summed E-state index contributed by atoms with van der Waals surface area (Å²) in [6.07, 6.45) is 3.59. The molecule has 1 aliphatic heterocycles. The first-order chi connectivity index (χ1) is 7.97. The molecule has 3 nitrogen and oxygen atoms in total. The van der Waals surface area contributed by atoms with Gasteiger partial charge in [0, 0.05) is 12.3 Å². The normalized spacial score (nSPS) is 25.8.